The van der Waals surface area contributed by atoms with E-state index in [9.17, 15) is 27.5 Å². The topological polar surface area (TPSA) is 146 Å². The van der Waals surface area contributed by atoms with E-state index in [1.165, 1.54) is 19.4 Å². The fourth-order valence-electron chi connectivity index (χ4n) is 4.74. The number of fused-ring (bicyclic) bond motifs is 1. The van der Waals surface area contributed by atoms with Crippen LogP contribution in [-0.2, 0) is 20.6 Å². The summed E-state index contributed by atoms with van der Waals surface area (Å²) in [5, 5.41) is 0. The van der Waals surface area contributed by atoms with Crippen molar-refractivity contribution in [3.63, 3.8) is 0 Å². The number of nitrogens with two attached hydrogens (primary N) is 1. The van der Waals surface area contributed by atoms with Gasteiger partial charge in [0.25, 0.3) is 5.55 Å². The van der Waals surface area contributed by atoms with Crippen LogP contribution >= 0.6 is 7.60 Å². The number of unbranched alkanes of at least 4 members (excludes halogenated alkanes) is 9. The van der Waals surface area contributed by atoms with Gasteiger partial charge in [0, 0.05) is 26.1 Å². The van der Waals surface area contributed by atoms with Gasteiger partial charge < -0.3 is 29.6 Å². The maximum atomic E-state index is 13.9. The van der Waals surface area contributed by atoms with Crippen LogP contribution in [0.25, 0.3) is 11.2 Å². The third-order valence-corrected chi connectivity index (χ3v) is 11.5. The van der Waals surface area contributed by atoms with Crippen LogP contribution in [0.1, 0.15) is 84.5 Å². The average molecular weight is 664 g/mol. The molecule has 15 heteroatoms. The van der Waals surface area contributed by atoms with Crippen LogP contribution in [-0.4, -0.2) is 74.3 Å². The van der Waals surface area contributed by atoms with Crippen molar-refractivity contribution in [3.8, 4) is 11.5 Å². The number of rotatable bonds is 21. The molecule has 2 aromatic rings. The van der Waals surface area contributed by atoms with E-state index in [4.69, 9.17) is 15.2 Å². The summed E-state index contributed by atoms with van der Waals surface area (Å²) in [7, 11) is -7.76. The SMILES string of the molecule is CC(F)C(F)(F)[Si](C)(C)C#CCCCCCCCCCCCOCCC(O[C@H](C)Cn1cnc2c(N)ncnc21)P(=O)(O)O. The molecule has 2 unspecified atom stereocenters. The molecule has 44 heavy (non-hydrogen) atoms. The molecular formula is C29H49F3N5O5PSi. The largest absolute Gasteiger partial charge is 0.382 e. The molecule has 0 radical (unpaired) electrons. The van der Waals surface area contributed by atoms with Gasteiger partial charge in [-0.2, -0.15) is 0 Å². The van der Waals surface area contributed by atoms with Crippen LogP contribution in [0.15, 0.2) is 12.7 Å². The average Bonchev–Trinajstić information content (AvgIpc) is 3.35. The molecule has 2 aromatic heterocycles. The van der Waals surface area contributed by atoms with Crippen LogP contribution in [0.3, 0.4) is 0 Å². The summed E-state index contributed by atoms with van der Waals surface area (Å²) in [5.74, 6) is 1.84. The molecular weight excluding hydrogens is 614 g/mol. The minimum Gasteiger partial charge on any atom is -0.382 e. The van der Waals surface area contributed by atoms with E-state index >= 15 is 0 Å². The van der Waals surface area contributed by atoms with Gasteiger partial charge in [-0.15, -0.1) is 11.5 Å². The van der Waals surface area contributed by atoms with Gasteiger partial charge in [0.1, 0.15) is 11.8 Å². The van der Waals surface area contributed by atoms with E-state index < -0.39 is 39.3 Å². The third kappa shape index (κ3) is 12.4. The Balaban J connectivity index is 1.52. The van der Waals surface area contributed by atoms with E-state index in [1.54, 1.807) is 17.8 Å². The molecule has 2 heterocycles. The van der Waals surface area contributed by atoms with E-state index in [-0.39, 0.29) is 25.4 Å². The first-order chi connectivity index (χ1) is 20.7. The lowest BCUT2D eigenvalue weighted by molar-refractivity contribution is -0.0000967. The molecule has 0 aliphatic rings. The van der Waals surface area contributed by atoms with Gasteiger partial charge in [0.2, 0.25) is 8.07 Å². The molecule has 4 N–H and O–H groups in total. The van der Waals surface area contributed by atoms with Crippen LogP contribution in [0.2, 0.25) is 13.1 Å². The lowest BCUT2D eigenvalue weighted by atomic mass is 10.1. The Morgan fingerprint density at radius 3 is 2.25 bits per heavy atom. The van der Waals surface area contributed by atoms with Crippen molar-refractivity contribution in [2.24, 2.45) is 0 Å². The van der Waals surface area contributed by atoms with Gasteiger partial charge in [0.05, 0.1) is 19.0 Å². The second-order valence-electron chi connectivity index (χ2n) is 11.8. The normalized spacial score (nSPS) is 14.8. The van der Waals surface area contributed by atoms with E-state index in [1.807, 2.05) is 0 Å². The van der Waals surface area contributed by atoms with Crippen LogP contribution in [0.5, 0.6) is 0 Å². The molecule has 0 aromatic carbocycles. The van der Waals surface area contributed by atoms with Crippen molar-refractivity contribution < 1.29 is 37.0 Å². The summed E-state index contributed by atoms with van der Waals surface area (Å²) in [6.45, 7) is 6.44. The monoisotopic (exact) mass is 663 g/mol. The lowest BCUT2D eigenvalue weighted by Gasteiger charge is -2.28. The maximum absolute atomic E-state index is 13.9. The van der Waals surface area contributed by atoms with Gasteiger partial charge in [0.15, 0.2) is 23.5 Å². The number of halogens is 3. The van der Waals surface area contributed by atoms with Crippen molar-refractivity contribution in [1.29, 1.82) is 0 Å². The maximum Gasteiger partial charge on any atom is 0.354 e. The number of aromatic nitrogens is 4. The number of ether oxygens (including phenoxy) is 2. The summed E-state index contributed by atoms with van der Waals surface area (Å²) >= 11 is 0. The zero-order valence-electron chi connectivity index (χ0n) is 26.4. The quantitative estimate of drug-likeness (QED) is 0.0597. The molecule has 2 rings (SSSR count). The number of anilines is 1. The van der Waals surface area contributed by atoms with Crippen molar-refractivity contribution in [2.45, 2.75) is 128 Å². The van der Waals surface area contributed by atoms with Crippen LogP contribution in [0.4, 0.5) is 19.0 Å². The zero-order valence-corrected chi connectivity index (χ0v) is 28.2. The van der Waals surface area contributed by atoms with Gasteiger partial charge in [-0.1, -0.05) is 58.0 Å². The summed E-state index contributed by atoms with van der Waals surface area (Å²) in [6.07, 6.45) is 10.1. The van der Waals surface area contributed by atoms with Gasteiger partial charge in [-0.3, -0.25) is 4.57 Å². The number of hydrogen-bond acceptors (Lipinski definition) is 7. The zero-order chi connectivity index (χ0) is 32.8. The summed E-state index contributed by atoms with van der Waals surface area (Å²) < 4.78 is 66.2. The smallest absolute Gasteiger partial charge is 0.354 e. The highest BCUT2D eigenvalue weighted by Gasteiger charge is 2.52. The van der Waals surface area contributed by atoms with Crippen LogP contribution in [0, 0.1) is 11.5 Å². The molecule has 10 nitrogen and oxygen atoms in total. The minimum absolute atomic E-state index is 0.0724. The molecule has 0 spiro atoms. The van der Waals surface area contributed by atoms with Gasteiger partial charge in [-0.25, -0.2) is 28.1 Å². The van der Waals surface area contributed by atoms with Gasteiger partial charge >= 0.3 is 7.60 Å². The number of imidazole rings is 1. The number of hydrogen-bond donors (Lipinski definition) is 3. The summed E-state index contributed by atoms with van der Waals surface area (Å²) in [4.78, 5) is 31.8. The predicted molar refractivity (Wildman–Crippen MR) is 168 cm³/mol. The second kappa shape index (κ2) is 18.2. The second-order valence-corrected chi connectivity index (χ2v) is 17.7. The predicted octanol–water partition coefficient (Wildman–Crippen LogP) is 6.41. The molecule has 0 aliphatic heterocycles. The van der Waals surface area contributed by atoms with E-state index in [2.05, 4.69) is 26.4 Å². The van der Waals surface area contributed by atoms with E-state index in [0.29, 0.717) is 24.2 Å². The van der Waals surface area contributed by atoms with Crippen LogP contribution < -0.4 is 5.73 Å². The number of nitrogen functional groups attached to an aromatic ring is 1. The Morgan fingerprint density at radius 2 is 1.64 bits per heavy atom. The highest BCUT2D eigenvalue weighted by molar-refractivity contribution is 7.52. The molecule has 0 aliphatic carbocycles. The highest BCUT2D eigenvalue weighted by atomic mass is 31.2. The first-order valence-corrected chi connectivity index (χ1v) is 20.1. The molecule has 250 valence electrons. The van der Waals surface area contributed by atoms with Gasteiger partial charge in [-0.05, 0) is 26.7 Å². The summed E-state index contributed by atoms with van der Waals surface area (Å²) in [6, 6.07) is 0. The Kier molecular flexibility index (Phi) is 15.8. The lowest BCUT2D eigenvalue weighted by Crippen LogP contribution is -2.52. The Bertz CT molecular complexity index is 1250. The van der Waals surface area contributed by atoms with E-state index in [0.717, 1.165) is 64.7 Å². The Labute approximate surface area is 259 Å². The fraction of sp³-hybridized carbons (Fsp3) is 0.759. The van der Waals surface area contributed by atoms with Crippen molar-refractivity contribution in [2.75, 3.05) is 18.9 Å². The Hall–Kier alpha value is -2.01. The first-order valence-electron chi connectivity index (χ1n) is 15.4. The molecule has 3 atom stereocenters. The number of nitrogens with zero attached hydrogens (tertiary/aromatic N) is 4. The minimum atomic E-state index is -4.50. The number of alkyl halides is 3. The Morgan fingerprint density at radius 1 is 1.02 bits per heavy atom. The molecule has 0 saturated heterocycles. The van der Waals surface area contributed by atoms with Crippen molar-refractivity contribution >= 4 is 32.7 Å². The fourth-order valence-corrected chi connectivity index (χ4v) is 7.28. The summed E-state index contributed by atoms with van der Waals surface area (Å²) in [5.41, 5.74) is 6.15. The molecule has 0 bridgehead atoms. The molecule has 0 saturated carbocycles. The molecule has 0 fully saturated rings. The first kappa shape index (κ1) is 38.2. The highest BCUT2D eigenvalue weighted by Crippen LogP contribution is 2.44. The van der Waals surface area contributed by atoms with Crippen molar-refractivity contribution in [3.05, 3.63) is 12.7 Å². The molecule has 0 amide bonds. The standard InChI is InChI=1S/C29H49F3N5O5PSi/c1-23(20-37-22-36-26-27(33)34-21-35-28(26)37)42-25(43(38,39)40)16-18-41-17-14-12-10-8-6-5-7-9-11-13-15-19-44(3,4)29(31,32)24(2)30/h21-25H,5-14,16-18,20H2,1-4H3,(H2,33,34,35)(H2,38,39,40)/t23-,24?,25?/m1/s1. The van der Waals surface area contributed by atoms with Crippen molar-refractivity contribution in [1.82, 2.24) is 19.5 Å². The third-order valence-electron chi connectivity index (χ3n) is 7.48.